The molecule has 0 fully saturated rings. The number of tetrazole rings is 1. The Labute approximate surface area is 147 Å². The minimum Gasteiger partial charge on any atom is -0.452 e. The van der Waals surface area contributed by atoms with Crippen molar-refractivity contribution < 1.29 is 18.8 Å². The van der Waals surface area contributed by atoms with E-state index in [0.717, 1.165) is 0 Å². The van der Waals surface area contributed by atoms with Crippen LogP contribution in [0.15, 0.2) is 35.1 Å². The minimum absolute atomic E-state index is 0.0852. The number of rotatable bonds is 7. The summed E-state index contributed by atoms with van der Waals surface area (Å²) < 4.78 is 11.4. The van der Waals surface area contributed by atoms with Gasteiger partial charge < -0.3 is 14.6 Å². The Morgan fingerprint density at radius 3 is 2.88 bits per heavy atom. The number of para-hydroxylation sites is 1. The Morgan fingerprint density at radius 1 is 1.31 bits per heavy atom. The van der Waals surface area contributed by atoms with E-state index in [0.29, 0.717) is 17.9 Å². The SMILES string of the molecule is CCc1noc(COC(=O)c2ccccc2NC(=O)Cn2cnnn2)n1. The second-order valence-electron chi connectivity index (χ2n) is 5.14. The first-order chi connectivity index (χ1) is 12.7. The molecule has 2 heterocycles. The largest absolute Gasteiger partial charge is 0.452 e. The van der Waals surface area contributed by atoms with Crippen molar-refractivity contribution in [3.63, 3.8) is 0 Å². The van der Waals surface area contributed by atoms with Crippen LogP contribution >= 0.6 is 0 Å². The summed E-state index contributed by atoms with van der Waals surface area (Å²) in [6, 6.07) is 6.49. The molecule has 0 radical (unpaired) electrons. The van der Waals surface area contributed by atoms with Crippen LogP contribution in [0.2, 0.25) is 0 Å². The summed E-state index contributed by atoms with van der Waals surface area (Å²) in [6.07, 6.45) is 1.93. The van der Waals surface area contributed by atoms with Gasteiger partial charge in [-0.1, -0.05) is 24.2 Å². The van der Waals surface area contributed by atoms with Crippen molar-refractivity contribution in [3.8, 4) is 0 Å². The Kier molecular flexibility index (Phi) is 5.27. The topological polar surface area (TPSA) is 138 Å². The highest BCUT2D eigenvalue weighted by Crippen LogP contribution is 2.17. The average Bonchev–Trinajstić information content (AvgIpc) is 3.31. The highest BCUT2D eigenvalue weighted by atomic mass is 16.6. The third kappa shape index (κ3) is 4.26. The van der Waals surface area contributed by atoms with Crippen LogP contribution in [0.3, 0.4) is 0 Å². The predicted octanol–water partition coefficient (Wildman–Crippen LogP) is 0.614. The molecular formula is C15H15N7O4. The number of ether oxygens (including phenoxy) is 1. The van der Waals surface area contributed by atoms with Crippen LogP contribution in [0.1, 0.15) is 29.0 Å². The number of hydrogen-bond acceptors (Lipinski definition) is 9. The van der Waals surface area contributed by atoms with Crippen LogP contribution in [0, 0.1) is 0 Å². The highest BCUT2D eigenvalue weighted by molar-refractivity contribution is 6.01. The number of esters is 1. The number of amides is 1. The zero-order valence-corrected chi connectivity index (χ0v) is 13.8. The summed E-state index contributed by atoms with van der Waals surface area (Å²) in [5.74, 6) is -0.275. The summed E-state index contributed by atoms with van der Waals surface area (Å²) in [4.78, 5) is 28.4. The number of hydrogen-bond donors (Lipinski definition) is 1. The van der Waals surface area contributed by atoms with Crippen LogP contribution in [-0.2, 0) is 29.1 Å². The van der Waals surface area contributed by atoms with Crippen molar-refractivity contribution in [2.24, 2.45) is 0 Å². The number of nitrogens with one attached hydrogen (secondary N) is 1. The van der Waals surface area contributed by atoms with Crippen molar-refractivity contribution in [3.05, 3.63) is 47.9 Å². The van der Waals surface area contributed by atoms with Gasteiger partial charge in [0.25, 0.3) is 5.89 Å². The predicted molar refractivity (Wildman–Crippen MR) is 85.7 cm³/mol. The lowest BCUT2D eigenvalue weighted by atomic mass is 10.2. The molecule has 1 N–H and O–H groups in total. The number of aryl methyl sites for hydroxylation is 1. The van der Waals surface area contributed by atoms with Gasteiger partial charge in [-0.05, 0) is 22.6 Å². The summed E-state index contributed by atoms with van der Waals surface area (Å²) in [7, 11) is 0. The summed E-state index contributed by atoms with van der Waals surface area (Å²) >= 11 is 0. The zero-order chi connectivity index (χ0) is 18.4. The summed E-state index contributed by atoms with van der Waals surface area (Å²) in [5.41, 5.74) is 0.517. The number of nitrogens with zero attached hydrogens (tertiary/aromatic N) is 6. The lowest BCUT2D eigenvalue weighted by Crippen LogP contribution is -2.21. The molecule has 134 valence electrons. The van der Waals surface area contributed by atoms with E-state index in [-0.39, 0.29) is 30.5 Å². The van der Waals surface area contributed by atoms with Crippen molar-refractivity contribution >= 4 is 17.6 Å². The fourth-order valence-corrected chi connectivity index (χ4v) is 2.06. The lowest BCUT2D eigenvalue weighted by Gasteiger charge is -2.10. The van der Waals surface area contributed by atoms with E-state index in [4.69, 9.17) is 9.26 Å². The van der Waals surface area contributed by atoms with Gasteiger partial charge in [-0.15, -0.1) is 5.10 Å². The van der Waals surface area contributed by atoms with E-state index in [1.807, 2.05) is 6.92 Å². The zero-order valence-electron chi connectivity index (χ0n) is 13.8. The maximum atomic E-state index is 12.3. The molecule has 0 bridgehead atoms. The maximum Gasteiger partial charge on any atom is 0.340 e. The quantitative estimate of drug-likeness (QED) is 0.603. The van der Waals surface area contributed by atoms with Gasteiger partial charge in [0.1, 0.15) is 12.9 Å². The number of benzene rings is 1. The third-order valence-corrected chi connectivity index (χ3v) is 3.27. The van der Waals surface area contributed by atoms with Gasteiger partial charge in [-0.2, -0.15) is 4.98 Å². The molecule has 0 saturated carbocycles. The number of aromatic nitrogens is 6. The molecule has 26 heavy (non-hydrogen) atoms. The van der Waals surface area contributed by atoms with Crippen molar-refractivity contribution in [1.82, 2.24) is 30.3 Å². The number of carbonyl (C=O) groups is 2. The van der Waals surface area contributed by atoms with Crippen molar-refractivity contribution in [2.75, 3.05) is 5.32 Å². The smallest absolute Gasteiger partial charge is 0.340 e. The van der Waals surface area contributed by atoms with E-state index in [2.05, 4.69) is 31.0 Å². The standard InChI is InChI=1S/C15H15N7O4/c1-2-12-18-14(26-19-12)8-25-15(24)10-5-3-4-6-11(10)17-13(23)7-22-9-16-20-21-22/h3-6,9H,2,7-8H2,1H3,(H,17,23). The fourth-order valence-electron chi connectivity index (χ4n) is 2.06. The molecule has 11 heteroatoms. The highest BCUT2D eigenvalue weighted by Gasteiger charge is 2.16. The molecule has 1 aromatic carbocycles. The van der Waals surface area contributed by atoms with Gasteiger partial charge in [0, 0.05) is 6.42 Å². The molecular weight excluding hydrogens is 342 g/mol. The van der Waals surface area contributed by atoms with Gasteiger partial charge in [0.05, 0.1) is 11.3 Å². The molecule has 0 unspecified atom stereocenters. The van der Waals surface area contributed by atoms with Crippen LogP contribution < -0.4 is 5.32 Å². The van der Waals surface area contributed by atoms with Crippen molar-refractivity contribution in [1.29, 1.82) is 0 Å². The van der Waals surface area contributed by atoms with E-state index >= 15 is 0 Å². The van der Waals surface area contributed by atoms with E-state index in [1.165, 1.54) is 11.0 Å². The molecule has 0 aliphatic carbocycles. The molecule has 0 aliphatic heterocycles. The molecule has 1 amide bonds. The number of anilines is 1. The van der Waals surface area contributed by atoms with Crippen LogP contribution in [0.25, 0.3) is 0 Å². The Balaban J connectivity index is 1.63. The second kappa shape index (κ2) is 7.96. The van der Waals surface area contributed by atoms with E-state index < -0.39 is 5.97 Å². The van der Waals surface area contributed by atoms with Gasteiger partial charge in [-0.3, -0.25) is 4.79 Å². The van der Waals surface area contributed by atoms with Gasteiger partial charge in [-0.25, -0.2) is 9.48 Å². The minimum atomic E-state index is -0.625. The summed E-state index contributed by atoms with van der Waals surface area (Å²) in [6.45, 7) is 1.64. The van der Waals surface area contributed by atoms with E-state index in [9.17, 15) is 9.59 Å². The van der Waals surface area contributed by atoms with Gasteiger partial charge in [0.2, 0.25) is 5.91 Å². The third-order valence-electron chi connectivity index (χ3n) is 3.27. The first-order valence-electron chi connectivity index (χ1n) is 7.74. The van der Waals surface area contributed by atoms with Crippen molar-refractivity contribution in [2.45, 2.75) is 26.5 Å². The maximum absolute atomic E-state index is 12.3. The second-order valence-corrected chi connectivity index (χ2v) is 5.14. The first-order valence-corrected chi connectivity index (χ1v) is 7.74. The molecule has 11 nitrogen and oxygen atoms in total. The van der Waals surface area contributed by atoms with Crippen LogP contribution in [0.4, 0.5) is 5.69 Å². The molecule has 0 spiro atoms. The Hall–Kier alpha value is -3.63. The van der Waals surface area contributed by atoms with Gasteiger partial charge >= 0.3 is 5.97 Å². The first kappa shape index (κ1) is 17.2. The average molecular weight is 357 g/mol. The molecule has 3 aromatic rings. The van der Waals surface area contributed by atoms with Gasteiger partial charge in [0.15, 0.2) is 12.4 Å². The van der Waals surface area contributed by atoms with Crippen LogP contribution in [-0.4, -0.2) is 42.2 Å². The Morgan fingerprint density at radius 2 is 2.15 bits per heavy atom. The number of carbonyl (C=O) groups excluding carboxylic acids is 2. The normalized spacial score (nSPS) is 10.5. The molecule has 0 atom stereocenters. The van der Waals surface area contributed by atoms with E-state index in [1.54, 1.807) is 24.3 Å². The molecule has 0 saturated heterocycles. The molecule has 0 aliphatic rings. The monoisotopic (exact) mass is 357 g/mol. The molecule has 3 rings (SSSR count). The molecule has 2 aromatic heterocycles. The summed E-state index contributed by atoms with van der Waals surface area (Å²) in [5, 5.41) is 16.9. The lowest BCUT2D eigenvalue weighted by molar-refractivity contribution is -0.116. The fraction of sp³-hybridized carbons (Fsp3) is 0.267. The van der Waals surface area contributed by atoms with Crippen LogP contribution in [0.5, 0.6) is 0 Å². The Bertz CT molecular complexity index is 891.